The molecule has 0 fully saturated rings. The highest BCUT2D eigenvalue weighted by molar-refractivity contribution is 7.90. The van der Waals surface area contributed by atoms with Gasteiger partial charge >= 0.3 is 0 Å². The molecular formula is C8H19NO3S. The molecular weight excluding hydrogens is 190 g/mol. The Morgan fingerprint density at radius 3 is 2.46 bits per heavy atom. The molecule has 0 radical (unpaired) electrons. The van der Waals surface area contributed by atoms with Gasteiger partial charge in [-0.3, -0.25) is 0 Å². The van der Waals surface area contributed by atoms with Gasteiger partial charge in [-0.15, -0.1) is 0 Å². The molecule has 0 aliphatic rings. The highest BCUT2D eigenvalue weighted by Crippen LogP contribution is 1.93. The number of hydrogen-bond acceptors (Lipinski definition) is 4. The van der Waals surface area contributed by atoms with Gasteiger partial charge in [0.05, 0.1) is 11.9 Å². The summed E-state index contributed by atoms with van der Waals surface area (Å²) in [5, 5.41) is 12.1. The molecule has 1 atom stereocenters. The molecule has 0 spiro atoms. The van der Waals surface area contributed by atoms with Crippen molar-refractivity contribution in [1.29, 1.82) is 0 Å². The van der Waals surface area contributed by atoms with Gasteiger partial charge in [-0.1, -0.05) is 6.92 Å². The summed E-state index contributed by atoms with van der Waals surface area (Å²) < 4.78 is 21.4. The quantitative estimate of drug-likeness (QED) is 0.569. The number of aliphatic hydroxyl groups excluding tert-OH is 1. The summed E-state index contributed by atoms with van der Waals surface area (Å²) in [5.41, 5.74) is 0. The number of nitrogens with one attached hydrogen (secondary N) is 1. The number of rotatable bonds is 7. The maximum atomic E-state index is 10.7. The average Bonchev–Trinajstić information content (AvgIpc) is 2.01. The van der Waals surface area contributed by atoms with Crippen LogP contribution in [0.4, 0.5) is 0 Å². The van der Waals surface area contributed by atoms with Crippen LogP contribution in [0.2, 0.25) is 0 Å². The van der Waals surface area contributed by atoms with Gasteiger partial charge in [0.15, 0.2) is 0 Å². The molecule has 2 N–H and O–H groups in total. The van der Waals surface area contributed by atoms with E-state index in [9.17, 15) is 8.42 Å². The summed E-state index contributed by atoms with van der Waals surface area (Å²) in [6.07, 6.45) is 2.37. The van der Waals surface area contributed by atoms with Crippen LogP contribution in [0.3, 0.4) is 0 Å². The molecule has 1 unspecified atom stereocenters. The van der Waals surface area contributed by atoms with Crippen LogP contribution in [0.1, 0.15) is 19.8 Å². The molecule has 0 aliphatic carbocycles. The monoisotopic (exact) mass is 209 g/mol. The van der Waals surface area contributed by atoms with Crippen LogP contribution in [0, 0.1) is 0 Å². The highest BCUT2D eigenvalue weighted by Gasteiger charge is 2.02. The molecule has 5 heteroatoms. The molecule has 80 valence electrons. The number of sulfone groups is 1. The van der Waals surface area contributed by atoms with Gasteiger partial charge in [0.2, 0.25) is 0 Å². The van der Waals surface area contributed by atoms with E-state index >= 15 is 0 Å². The number of aliphatic hydroxyl groups is 1. The Balaban J connectivity index is 3.27. The van der Waals surface area contributed by atoms with Crippen LogP contribution in [-0.4, -0.2) is 44.7 Å². The molecule has 0 saturated carbocycles. The predicted molar refractivity (Wildman–Crippen MR) is 53.5 cm³/mol. The summed E-state index contributed by atoms with van der Waals surface area (Å²) >= 11 is 0. The third kappa shape index (κ3) is 9.79. The Morgan fingerprint density at radius 1 is 1.38 bits per heavy atom. The summed E-state index contributed by atoms with van der Waals surface area (Å²) in [7, 11) is -2.86. The Labute approximate surface area is 80.3 Å². The van der Waals surface area contributed by atoms with E-state index in [-0.39, 0.29) is 11.9 Å². The van der Waals surface area contributed by atoms with Gasteiger partial charge in [0, 0.05) is 12.8 Å². The maximum absolute atomic E-state index is 10.7. The predicted octanol–water partition coefficient (Wildman–Crippen LogP) is -0.218. The van der Waals surface area contributed by atoms with Crippen molar-refractivity contribution in [2.24, 2.45) is 0 Å². The SMILES string of the molecule is CCC(O)CCNCCS(C)(=O)=O. The average molecular weight is 209 g/mol. The van der Waals surface area contributed by atoms with Crippen LogP contribution in [0.5, 0.6) is 0 Å². The normalized spacial score (nSPS) is 14.4. The zero-order valence-electron chi connectivity index (χ0n) is 8.28. The van der Waals surface area contributed by atoms with E-state index in [0.29, 0.717) is 19.5 Å². The highest BCUT2D eigenvalue weighted by atomic mass is 32.2. The first-order chi connectivity index (χ1) is 5.95. The van der Waals surface area contributed by atoms with E-state index in [1.54, 1.807) is 0 Å². The summed E-state index contributed by atoms with van der Waals surface area (Å²) in [5.74, 6) is 0.162. The van der Waals surface area contributed by atoms with Crippen molar-refractivity contribution in [3.05, 3.63) is 0 Å². The third-order valence-corrected chi connectivity index (χ3v) is 2.72. The number of hydrogen-bond donors (Lipinski definition) is 2. The lowest BCUT2D eigenvalue weighted by molar-refractivity contribution is 0.160. The molecule has 0 aliphatic heterocycles. The molecule has 0 saturated heterocycles. The van der Waals surface area contributed by atoms with E-state index in [1.807, 2.05) is 6.92 Å². The molecule has 13 heavy (non-hydrogen) atoms. The first-order valence-electron chi connectivity index (χ1n) is 4.52. The van der Waals surface area contributed by atoms with Crippen molar-refractivity contribution < 1.29 is 13.5 Å². The van der Waals surface area contributed by atoms with Crippen molar-refractivity contribution in [3.8, 4) is 0 Å². The van der Waals surface area contributed by atoms with E-state index in [0.717, 1.165) is 6.42 Å². The molecule has 0 amide bonds. The van der Waals surface area contributed by atoms with E-state index < -0.39 is 9.84 Å². The molecule has 0 bridgehead atoms. The fraction of sp³-hybridized carbons (Fsp3) is 1.00. The zero-order valence-corrected chi connectivity index (χ0v) is 9.10. The van der Waals surface area contributed by atoms with E-state index in [2.05, 4.69) is 5.32 Å². The maximum Gasteiger partial charge on any atom is 0.148 e. The fourth-order valence-corrected chi connectivity index (χ4v) is 1.37. The van der Waals surface area contributed by atoms with Crippen LogP contribution in [0.25, 0.3) is 0 Å². The zero-order chi connectivity index (χ0) is 10.3. The summed E-state index contributed by atoms with van der Waals surface area (Å²) in [6.45, 7) is 3.06. The van der Waals surface area contributed by atoms with Gasteiger partial charge in [0.1, 0.15) is 9.84 Å². The molecule has 0 aromatic rings. The second kappa shape index (κ2) is 6.34. The molecule has 0 aromatic carbocycles. The van der Waals surface area contributed by atoms with Gasteiger partial charge < -0.3 is 10.4 Å². The topological polar surface area (TPSA) is 66.4 Å². The van der Waals surface area contributed by atoms with Crippen LogP contribution in [0.15, 0.2) is 0 Å². The van der Waals surface area contributed by atoms with Crippen molar-refractivity contribution in [3.63, 3.8) is 0 Å². The van der Waals surface area contributed by atoms with Crippen molar-refractivity contribution in [2.75, 3.05) is 25.1 Å². The minimum Gasteiger partial charge on any atom is -0.393 e. The Bertz CT molecular complexity index is 213. The second-order valence-corrected chi connectivity index (χ2v) is 5.49. The first-order valence-corrected chi connectivity index (χ1v) is 6.58. The molecule has 0 rings (SSSR count). The van der Waals surface area contributed by atoms with Crippen molar-refractivity contribution in [1.82, 2.24) is 5.32 Å². The smallest absolute Gasteiger partial charge is 0.148 e. The van der Waals surface area contributed by atoms with Gasteiger partial charge in [-0.05, 0) is 19.4 Å². The third-order valence-electron chi connectivity index (χ3n) is 1.78. The lowest BCUT2D eigenvalue weighted by Crippen LogP contribution is -2.25. The van der Waals surface area contributed by atoms with Gasteiger partial charge in [-0.25, -0.2) is 8.42 Å². The molecule has 0 heterocycles. The standard InChI is InChI=1S/C8H19NO3S/c1-3-8(10)4-5-9-6-7-13(2,11)12/h8-10H,3-7H2,1-2H3. The van der Waals surface area contributed by atoms with E-state index in [4.69, 9.17) is 5.11 Å². The summed E-state index contributed by atoms with van der Waals surface area (Å²) in [4.78, 5) is 0. The van der Waals surface area contributed by atoms with Crippen LogP contribution >= 0.6 is 0 Å². The van der Waals surface area contributed by atoms with Crippen LogP contribution < -0.4 is 5.32 Å². The molecule has 4 nitrogen and oxygen atoms in total. The largest absolute Gasteiger partial charge is 0.393 e. The Hall–Kier alpha value is -0.130. The Kier molecular flexibility index (Phi) is 6.28. The summed E-state index contributed by atoms with van der Waals surface area (Å²) in [6, 6.07) is 0. The van der Waals surface area contributed by atoms with Gasteiger partial charge in [-0.2, -0.15) is 0 Å². The minimum atomic E-state index is -2.86. The van der Waals surface area contributed by atoms with Gasteiger partial charge in [0.25, 0.3) is 0 Å². The Morgan fingerprint density at radius 2 is 2.00 bits per heavy atom. The minimum absolute atomic E-state index is 0.162. The van der Waals surface area contributed by atoms with Crippen molar-refractivity contribution >= 4 is 9.84 Å². The fourth-order valence-electron chi connectivity index (χ4n) is 0.855. The van der Waals surface area contributed by atoms with E-state index in [1.165, 1.54) is 6.26 Å². The lowest BCUT2D eigenvalue weighted by atomic mass is 10.2. The molecule has 0 aromatic heterocycles. The lowest BCUT2D eigenvalue weighted by Gasteiger charge is -2.07. The van der Waals surface area contributed by atoms with Crippen molar-refractivity contribution in [2.45, 2.75) is 25.9 Å². The second-order valence-electron chi connectivity index (χ2n) is 3.23. The first kappa shape index (κ1) is 12.9. The van der Waals surface area contributed by atoms with Crippen LogP contribution in [-0.2, 0) is 9.84 Å².